The molecule has 0 saturated carbocycles. The van der Waals surface area contributed by atoms with Crippen LogP contribution in [-0.2, 0) is 4.74 Å². The summed E-state index contributed by atoms with van der Waals surface area (Å²) in [6.45, 7) is 9.28. The topological polar surface area (TPSA) is 50.4 Å². The van der Waals surface area contributed by atoms with Crippen LogP contribution in [0.4, 0.5) is 5.69 Å². The lowest BCUT2D eigenvalue weighted by atomic mass is 10.2. The Bertz CT molecular complexity index is 388. The van der Waals surface area contributed by atoms with Crippen LogP contribution in [0.15, 0.2) is 24.3 Å². The minimum absolute atomic E-state index is 0.0306. The van der Waals surface area contributed by atoms with E-state index in [4.69, 9.17) is 4.74 Å². The molecule has 2 N–H and O–H groups in total. The Balaban J connectivity index is 2.22. The van der Waals surface area contributed by atoms with Crippen molar-refractivity contribution in [2.75, 3.05) is 31.6 Å². The van der Waals surface area contributed by atoms with E-state index in [2.05, 4.69) is 24.5 Å². The summed E-state index contributed by atoms with van der Waals surface area (Å²) >= 11 is 0. The van der Waals surface area contributed by atoms with E-state index in [9.17, 15) is 4.79 Å². The van der Waals surface area contributed by atoms with Gasteiger partial charge in [0, 0.05) is 37.6 Å². The number of ether oxygens (including phenoxy) is 1. The van der Waals surface area contributed by atoms with E-state index in [1.54, 1.807) is 0 Å². The summed E-state index contributed by atoms with van der Waals surface area (Å²) in [5, 5.41) is 6.10. The van der Waals surface area contributed by atoms with E-state index in [1.165, 1.54) is 0 Å². The predicted molar refractivity (Wildman–Crippen MR) is 83.2 cm³/mol. The number of amides is 1. The van der Waals surface area contributed by atoms with Crippen LogP contribution in [0.1, 0.15) is 37.6 Å². The van der Waals surface area contributed by atoms with E-state index in [0.717, 1.165) is 25.3 Å². The highest BCUT2D eigenvalue weighted by atomic mass is 16.5. The maximum absolute atomic E-state index is 11.9. The van der Waals surface area contributed by atoms with Crippen LogP contribution in [0.3, 0.4) is 0 Å². The highest BCUT2D eigenvalue weighted by Gasteiger charge is 2.04. The van der Waals surface area contributed by atoms with E-state index < -0.39 is 0 Å². The number of rotatable bonds is 9. The van der Waals surface area contributed by atoms with Crippen molar-refractivity contribution in [2.45, 2.75) is 27.2 Å². The molecule has 4 heteroatoms. The van der Waals surface area contributed by atoms with Crippen molar-refractivity contribution >= 4 is 11.6 Å². The van der Waals surface area contributed by atoms with E-state index >= 15 is 0 Å². The number of nitrogens with one attached hydrogen (secondary N) is 2. The summed E-state index contributed by atoms with van der Waals surface area (Å²) in [6, 6.07) is 7.51. The highest BCUT2D eigenvalue weighted by molar-refractivity contribution is 5.94. The molecule has 1 aromatic carbocycles. The van der Waals surface area contributed by atoms with Crippen LogP contribution in [0.2, 0.25) is 0 Å². The van der Waals surface area contributed by atoms with Gasteiger partial charge in [-0.1, -0.05) is 13.8 Å². The molecule has 0 aliphatic carbocycles. The largest absolute Gasteiger partial charge is 0.385 e. The SMILES string of the molecule is CCNc1ccc(C(=O)NCCCOCC(C)C)cc1. The van der Waals surface area contributed by atoms with Crippen molar-refractivity contribution in [3.8, 4) is 0 Å². The number of anilines is 1. The summed E-state index contributed by atoms with van der Waals surface area (Å²) in [5.41, 5.74) is 1.72. The smallest absolute Gasteiger partial charge is 0.251 e. The summed E-state index contributed by atoms with van der Waals surface area (Å²) in [4.78, 5) is 11.9. The Morgan fingerprint density at radius 2 is 1.95 bits per heavy atom. The Hall–Kier alpha value is -1.55. The first-order valence-electron chi connectivity index (χ1n) is 7.33. The molecule has 0 spiro atoms. The van der Waals surface area contributed by atoms with Gasteiger partial charge in [0.2, 0.25) is 0 Å². The van der Waals surface area contributed by atoms with Gasteiger partial charge in [-0.2, -0.15) is 0 Å². The maximum atomic E-state index is 11.9. The molecule has 0 heterocycles. The molecule has 0 bridgehead atoms. The van der Waals surface area contributed by atoms with Crippen LogP contribution in [0, 0.1) is 5.92 Å². The first-order valence-corrected chi connectivity index (χ1v) is 7.33. The average Bonchev–Trinajstić information content (AvgIpc) is 2.43. The molecular formula is C16H26N2O2. The van der Waals surface area contributed by atoms with Crippen molar-refractivity contribution in [1.29, 1.82) is 0 Å². The zero-order chi connectivity index (χ0) is 14.8. The van der Waals surface area contributed by atoms with Gasteiger partial charge in [-0.15, -0.1) is 0 Å². The van der Waals surface area contributed by atoms with Crippen LogP contribution in [0.25, 0.3) is 0 Å². The minimum Gasteiger partial charge on any atom is -0.385 e. The molecule has 0 aromatic heterocycles. The van der Waals surface area contributed by atoms with Gasteiger partial charge in [0.25, 0.3) is 5.91 Å². The molecule has 0 unspecified atom stereocenters. The molecule has 0 radical (unpaired) electrons. The quantitative estimate of drug-likeness (QED) is 0.683. The monoisotopic (exact) mass is 278 g/mol. The molecule has 112 valence electrons. The van der Waals surface area contributed by atoms with Crippen LogP contribution in [-0.4, -0.2) is 32.2 Å². The van der Waals surface area contributed by atoms with Crippen molar-refractivity contribution < 1.29 is 9.53 Å². The third-order valence-corrected chi connectivity index (χ3v) is 2.73. The zero-order valence-corrected chi connectivity index (χ0v) is 12.7. The second-order valence-corrected chi connectivity index (χ2v) is 5.19. The standard InChI is InChI=1S/C16H26N2O2/c1-4-17-15-8-6-14(7-9-15)16(19)18-10-5-11-20-12-13(2)3/h6-9,13,17H,4-5,10-12H2,1-3H3,(H,18,19). The number of benzene rings is 1. The molecule has 4 nitrogen and oxygen atoms in total. The Morgan fingerprint density at radius 3 is 2.55 bits per heavy atom. The first kappa shape index (κ1) is 16.5. The number of carbonyl (C=O) groups excluding carboxylic acids is 1. The van der Waals surface area contributed by atoms with Gasteiger partial charge in [0.05, 0.1) is 0 Å². The second-order valence-electron chi connectivity index (χ2n) is 5.19. The van der Waals surface area contributed by atoms with Gasteiger partial charge < -0.3 is 15.4 Å². The third kappa shape index (κ3) is 6.57. The molecule has 1 aromatic rings. The molecule has 0 aliphatic heterocycles. The van der Waals surface area contributed by atoms with Crippen molar-refractivity contribution in [2.24, 2.45) is 5.92 Å². The average molecular weight is 278 g/mol. The number of hydrogen-bond acceptors (Lipinski definition) is 3. The van der Waals surface area contributed by atoms with Gasteiger partial charge in [-0.3, -0.25) is 4.79 Å². The molecule has 20 heavy (non-hydrogen) atoms. The lowest BCUT2D eigenvalue weighted by molar-refractivity contribution is 0.0925. The minimum atomic E-state index is -0.0306. The molecular weight excluding hydrogens is 252 g/mol. The fraction of sp³-hybridized carbons (Fsp3) is 0.562. The van der Waals surface area contributed by atoms with E-state index in [-0.39, 0.29) is 5.91 Å². The van der Waals surface area contributed by atoms with Crippen molar-refractivity contribution in [3.63, 3.8) is 0 Å². The molecule has 0 saturated heterocycles. The second kappa shape index (κ2) is 9.37. The van der Waals surface area contributed by atoms with Crippen LogP contribution >= 0.6 is 0 Å². The highest BCUT2D eigenvalue weighted by Crippen LogP contribution is 2.08. The number of hydrogen-bond donors (Lipinski definition) is 2. The Morgan fingerprint density at radius 1 is 1.25 bits per heavy atom. The van der Waals surface area contributed by atoms with Gasteiger partial charge in [0.15, 0.2) is 0 Å². The molecule has 0 fully saturated rings. The molecule has 0 atom stereocenters. The molecule has 1 amide bonds. The number of carbonyl (C=O) groups is 1. The normalized spacial score (nSPS) is 10.6. The van der Waals surface area contributed by atoms with Gasteiger partial charge in [-0.05, 0) is 43.5 Å². The van der Waals surface area contributed by atoms with Crippen LogP contribution in [0.5, 0.6) is 0 Å². The summed E-state index contributed by atoms with van der Waals surface area (Å²) < 4.78 is 5.47. The molecule has 0 aliphatic rings. The third-order valence-electron chi connectivity index (χ3n) is 2.73. The predicted octanol–water partition coefficient (Wildman–Crippen LogP) is 2.91. The first-order chi connectivity index (χ1) is 9.63. The van der Waals surface area contributed by atoms with Gasteiger partial charge in [-0.25, -0.2) is 0 Å². The fourth-order valence-electron chi connectivity index (χ4n) is 1.74. The van der Waals surface area contributed by atoms with Gasteiger partial charge in [0.1, 0.15) is 0 Å². The Kier molecular flexibility index (Phi) is 7.73. The van der Waals surface area contributed by atoms with Crippen molar-refractivity contribution in [1.82, 2.24) is 5.32 Å². The maximum Gasteiger partial charge on any atom is 0.251 e. The molecule has 1 rings (SSSR count). The van der Waals surface area contributed by atoms with E-state index in [0.29, 0.717) is 24.6 Å². The fourth-order valence-corrected chi connectivity index (χ4v) is 1.74. The van der Waals surface area contributed by atoms with Gasteiger partial charge >= 0.3 is 0 Å². The zero-order valence-electron chi connectivity index (χ0n) is 12.7. The van der Waals surface area contributed by atoms with Crippen molar-refractivity contribution in [3.05, 3.63) is 29.8 Å². The summed E-state index contributed by atoms with van der Waals surface area (Å²) in [6.07, 6.45) is 0.841. The lowest BCUT2D eigenvalue weighted by Gasteiger charge is -2.08. The lowest BCUT2D eigenvalue weighted by Crippen LogP contribution is -2.25. The van der Waals surface area contributed by atoms with Crippen LogP contribution < -0.4 is 10.6 Å². The van der Waals surface area contributed by atoms with E-state index in [1.807, 2.05) is 31.2 Å². The Labute approximate surface area is 121 Å². The summed E-state index contributed by atoms with van der Waals surface area (Å²) in [7, 11) is 0. The summed E-state index contributed by atoms with van der Waals surface area (Å²) in [5.74, 6) is 0.525.